The topological polar surface area (TPSA) is 93.3 Å². The minimum atomic E-state index is -0.577. The predicted molar refractivity (Wildman–Crippen MR) is 110 cm³/mol. The quantitative estimate of drug-likeness (QED) is 0.828. The maximum atomic E-state index is 13.3. The van der Waals surface area contributed by atoms with Crippen LogP contribution in [0.1, 0.15) is 49.6 Å². The van der Waals surface area contributed by atoms with E-state index in [0.717, 1.165) is 5.70 Å². The number of hydrogen-bond acceptors (Lipinski definition) is 6. The van der Waals surface area contributed by atoms with Gasteiger partial charge in [-0.1, -0.05) is 13.8 Å². The van der Waals surface area contributed by atoms with Crippen LogP contribution in [-0.2, 0) is 4.79 Å². The summed E-state index contributed by atoms with van der Waals surface area (Å²) in [6.07, 6.45) is 1.12. The first kappa shape index (κ1) is 19.2. The minimum Gasteiger partial charge on any atom is -0.497 e. The Morgan fingerprint density at radius 2 is 1.90 bits per heavy atom. The van der Waals surface area contributed by atoms with Crippen molar-refractivity contribution in [3.05, 3.63) is 56.8 Å². The van der Waals surface area contributed by atoms with E-state index in [4.69, 9.17) is 9.47 Å². The molecule has 1 aromatic heterocycles. The number of nitrogens with one attached hydrogen (secondary N) is 2. The summed E-state index contributed by atoms with van der Waals surface area (Å²) in [6, 6.07) is 5.42. The van der Waals surface area contributed by atoms with Crippen molar-refractivity contribution in [1.82, 2.24) is 9.97 Å². The average Bonchev–Trinajstić information content (AvgIpc) is 2.64. The number of H-pyrrole nitrogens is 1. The normalized spacial score (nSPS) is 19.9. The van der Waals surface area contributed by atoms with Gasteiger partial charge >= 0.3 is 0 Å². The van der Waals surface area contributed by atoms with Crippen LogP contribution < -0.4 is 20.3 Å². The third-order valence-electron chi connectivity index (χ3n) is 5.59. The highest BCUT2D eigenvalue weighted by Crippen LogP contribution is 2.49. The number of nitrogens with zero attached hydrogens (tertiary/aromatic N) is 1. The van der Waals surface area contributed by atoms with Gasteiger partial charge in [0.05, 0.1) is 25.7 Å². The van der Waals surface area contributed by atoms with Crippen LogP contribution in [0.3, 0.4) is 0 Å². The van der Waals surface area contributed by atoms with Gasteiger partial charge in [-0.3, -0.25) is 9.59 Å². The summed E-state index contributed by atoms with van der Waals surface area (Å²) in [5.41, 5.74) is 2.14. The molecule has 0 saturated heterocycles. The molecule has 0 saturated carbocycles. The van der Waals surface area contributed by atoms with E-state index in [2.05, 4.69) is 29.1 Å². The number of rotatable bonds is 3. The summed E-state index contributed by atoms with van der Waals surface area (Å²) in [6.45, 7) is 5.89. The second-order valence-corrected chi connectivity index (χ2v) is 8.41. The first-order valence-electron chi connectivity index (χ1n) is 9.60. The highest BCUT2D eigenvalue weighted by Gasteiger charge is 2.43. The first-order valence-corrected chi connectivity index (χ1v) is 9.60. The van der Waals surface area contributed by atoms with Crippen LogP contribution in [0.2, 0.25) is 0 Å². The van der Waals surface area contributed by atoms with E-state index in [1.807, 2.05) is 6.07 Å². The summed E-state index contributed by atoms with van der Waals surface area (Å²) in [5.74, 6) is 1.68. The predicted octanol–water partition coefficient (Wildman–Crippen LogP) is 3.30. The molecule has 152 valence electrons. The highest BCUT2D eigenvalue weighted by atomic mass is 16.5. The number of ether oxygens (including phenoxy) is 2. The SMILES string of the molecule is COc1ccc(OC)c([C@@H]2C3=C(CC(C)(C)CC3=O)Nc3nc(C)[nH]c(=O)c32)c1. The number of carbonyl (C=O) groups excluding carboxylic acids is 1. The molecular formula is C22H25N3O4. The molecule has 7 heteroatoms. The number of benzene rings is 1. The van der Waals surface area contributed by atoms with Gasteiger partial charge in [0.25, 0.3) is 5.56 Å². The van der Waals surface area contributed by atoms with Crippen LogP contribution >= 0.6 is 0 Å². The number of methoxy groups -OCH3 is 2. The van der Waals surface area contributed by atoms with Gasteiger partial charge in [-0.15, -0.1) is 0 Å². The summed E-state index contributed by atoms with van der Waals surface area (Å²) in [4.78, 5) is 33.6. The molecule has 7 nitrogen and oxygen atoms in total. The lowest BCUT2D eigenvalue weighted by molar-refractivity contribution is -0.118. The van der Waals surface area contributed by atoms with E-state index < -0.39 is 5.92 Å². The number of ketones is 1. The number of aromatic amines is 1. The van der Waals surface area contributed by atoms with Crippen molar-refractivity contribution in [2.75, 3.05) is 19.5 Å². The Kier molecular flexibility index (Phi) is 4.48. The number of Topliss-reactive ketones (excluding diaryl/α,β-unsaturated/α-hetero) is 1. The molecular weight excluding hydrogens is 370 g/mol. The Balaban J connectivity index is 2.04. The van der Waals surface area contributed by atoms with Gasteiger partial charge in [0, 0.05) is 23.3 Å². The number of allylic oxidation sites excluding steroid dienone is 2. The van der Waals surface area contributed by atoms with E-state index in [0.29, 0.717) is 52.7 Å². The zero-order valence-corrected chi connectivity index (χ0v) is 17.3. The molecule has 2 N–H and O–H groups in total. The van der Waals surface area contributed by atoms with Crippen LogP contribution in [0, 0.1) is 12.3 Å². The van der Waals surface area contributed by atoms with Crippen molar-refractivity contribution in [3.8, 4) is 11.5 Å². The highest BCUT2D eigenvalue weighted by molar-refractivity contribution is 6.01. The number of hydrogen-bond donors (Lipinski definition) is 2. The average molecular weight is 395 g/mol. The molecule has 0 spiro atoms. The number of aryl methyl sites for hydroxylation is 1. The van der Waals surface area contributed by atoms with Crippen LogP contribution in [0.25, 0.3) is 0 Å². The van der Waals surface area contributed by atoms with Crippen molar-refractivity contribution in [2.45, 2.75) is 39.5 Å². The molecule has 0 radical (unpaired) electrons. The largest absolute Gasteiger partial charge is 0.497 e. The molecule has 0 amide bonds. The van der Waals surface area contributed by atoms with Gasteiger partial charge in [0.1, 0.15) is 23.1 Å². The summed E-state index contributed by atoms with van der Waals surface area (Å²) < 4.78 is 11.0. The van der Waals surface area contributed by atoms with Crippen LogP contribution in [0.4, 0.5) is 5.82 Å². The molecule has 1 aliphatic heterocycles. The molecule has 1 atom stereocenters. The zero-order valence-electron chi connectivity index (χ0n) is 17.3. The fraction of sp³-hybridized carbons (Fsp3) is 0.409. The van der Waals surface area contributed by atoms with Gasteiger partial charge in [0.15, 0.2) is 5.78 Å². The number of carbonyl (C=O) groups is 1. The lowest BCUT2D eigenvalue weighted by atomic mass is 9.69. The lowest BCUT2D eigenvalue weighted by Gasteiger charge is -2.38. The van der Waals surface area contributed by atoms with E-state index >= 15 is 0 Å². The van der Waals surface area contributed by atoms with E-state index in [1.54, 1.807) is 33.3 Å². The standard InChI is InChI=1S/C22H25N3O4/c1-11-23-20-19(21(27)24-11)17(13-8-12(28-4)6-7-16(13)29-5)18-14(25-20)9-22(2,3)10-15(18)26/h6-8,17H,9-10H2,1-5H3,(H2,23,24,25,27)/t17-/m1/s1. The van der Waals surface area contributed by atoms with Crippen LogP contribution in [0.15, 0.2) is 34.3 Å². The zero-order chi connectivity index (χ0) is 20.9. The third kappa shape index (κ3) is 3.20. The Bertz CT molecular complexity index is 1100. The fourth-order valence-corrected chi connectivity index (χ4v) is 4.40. The monoisotopic (exact) mass is 395 g/mol. The molecule has 0 bridgehead atoms. The van der Waals surface area contributed by atoms with Crippen molar-refractivity contribution >= 4 is 11.6 Å². The number of aromatic nitrogens is 2. The van der Waals surface area contributed by atoms with Crippen LogP contribution in [0.5, 0.6) is 11.5 Å². The molecule has 0 unspecified atom stereocenters. The molecule has 4 rings (SSSR count). The Morgan fingerprint density at radius 1 is 1.14 bits per heavy atom. The first-order chi connectivity index (χ1) is 13.7. The van der Waals surface area contributed by atoms with Gasteiger partial charge in [-0.05, 0) is 37.0 Å². The maximum absolute atomic E-state index is 13.3. The molecule has 1 aromatic carbocycles. The van der Waals surface area contributed by atoms with Gasteiger partial charge in [0.2, 0.25) is 0 Å². The van der Waals surface area contributed by atoms with Gasteiger partial charge in [-0.25, -0.2) is 4.98 Å². The molecule has 29 heavy (non-hydrogen) atoms. The maximum Gasteiger partial charge on any atom is 0.257 e. The summed E-state index contributed by atoms with van der Waals surface area (Å²) in [5, 5.41) is 3.29. The Labute approximate surface area is 169 Å². The van der Waals surface area contributed by atoms with Crippen molar-refractivity contribution in [1.29, 1.82) is 0 Å². The molecule has 2 aliphatic rings. The molecule has 2 heterocycles. The van der Waals surface area contributed by atoms with Crippen molar-refractivity contribution < 1.29 is 14.3 Å². The number of fused-ring (bicyclic) bond motifs is 1. The molecule has 0 fully saturated rings. The van der Waals surface area contributed by atoms with Crippen molar-refractivity contribution in [3.63, 3.8) is 0 Å². The van der Waals surface area contributed by atoms with Crippen molar-refractivity contribution in [2.24, 2.45) is 5.41 Å². The minimum absolute atomic E-state index is 0.0317. The second-order valence-electron chi connectivity index (χ2n) is 8.41. The summed E-state index contributed by atoms with van der Waals surface area (Å²) >= 11 is 0. The number of anilines is 1. The second kappa shape index (κ2) is 6.76. The van der Waals surface area contributed by atoms with E-state index in [1.165, 1.54) is 0 Å². The Hall–Kier alpha value is -3.09. The lowest BCUT2D eigenvalue weighted by Crippen LogP contribution is -2.37. The summed E-state index contributed by atoms with van der Waals surface area (Å²) in [7, 11) is 3.16. The fourth-order valence-electron chi connectivity index (χ4n) is 4.40. The van der Waals surface area contributed by atoms with E-state index in [-0.39, 0.29) is 16.8 Å². The molecule has 2 aromatic rings. The van der Waals surface area contributed by atoms with E-state index in [9.17, 15) is 9.59 Å². The third-order valence-corrected chi connectivity index (χ3v) is 5.59. The van der Waals surface area contributed by atoms with Gasteiger partial charge < -0.3 is 19.8 Å². The van der Waals surface area contributed by atoms with Gasteiger partial charge in [-0.2, -0.15) is 0 Å². The Morgan fingerprint density at radius 3 is 2.59 bits per heavy atom. The van der Waals surface area contributed by atoms with Crippen LogP contribution in [-0.4, -0.2) is 30.0 Å². The smallest absolute Gasteiger partial charge is 0.257 e. The molecule has 1 aliphatic carbocycles.